The zero-order valence-electron chi connectivity index (χ0n) is 16.2. The lowest BCUT2D eigenvalue weighted by Crippen LogP contribution is -2.40. The lowest BCUT2D eigenvalue weighted by molar-refractivity contribution is -0.0455. The minimum absolute atomic E-state index is 0.433. The van der Waals surface area contributed by atoms with Gasteiger partial charge in [-0.2, -0.15) is 0 Å². The van der Waals surface area contributed by atoms with Crippen molar-refractivity contribution < 1.29 is 4.74 Å². The molecule has 0 aromatic heterocycles. The molecule has 0 bridgehead atoms. The van der Waals surface area contributed by atoms with Crippen LogP contribution in [0.1, 0.15) is 84.0 Å². The zero-order chi connectivity index (χ0) is 17.2. The second kappa shape index (κ2) is 8.13. The second-order valence-corrected chi connectivity index (χ2v) is 9.49. The minimum atomic E-state index is 0.433. The fraction of sp³-hybridized carbons (Fsp3) is 0.913. The summed E-state index contributed by atoms with van der Waals surface area (Å²) in [5.41, 5.74) is 6.58. The summed E-state index contributed by atoms with van der Waals surface area (Å²) in [6, 6.07) is 0.433. The average molecular weight is 346 g/mol. The van der Waals surface area contributed by atoms with Crippen molar-refractivity contribution in [3.05, 3.63) is 12.2 Å². The van der Waals surface area contributed by atoms with Crippen LogP contribution in [0.5, 0.6) is 0 Å². The van der Waals surface area contributed by atoms with E-state index < -0.39 is 0 Å². The summed E-state index contributed by atoms with van der Waals surface area (Å²) in [5.74, 6) is 4.14. The molecule has 0 aromatic carbocycles. The molecule has 2 heteroatoms. The Balaban J connectivity index is 1.41. The Bertz CT molecular complexity index is 461. The van der Waals surface area contributed by atoms with Gasteiger partial charge in [0.2, 0.25) is 0 Å². The maximum Gasteiger partial charge on any atom is 0.0641 e. The number of hydrogen-bond donors (Lipinski definition) is 1. The van der Waals surface area contributed by atoms with Gasteiger partial charge in [-0.25, -0.2) is 0 Å². The van der Waals surface area contributed by atoms with Crippen LogP contribution >= 0.6 is 0 Å². The number of allylic oxidation sites excluding steroid dienone is 2. The molecule has 0 spiro atoms. The molecular formula is C23H39NO. The van der Waals surface area contributed by atoms with Crippen molar-refractivity contribution in [3.63, 3.8) is 0 Å². The first kappa shape index (κ1) is 18.0. The van der Waals surface area contributed by atoms with E-state index in [0.29, 0.717) is 18.2 Å². The van der Waals surface area contributed by atoms with E-state index in [2.05, 4.69) is 19.1 Å². The van der Waals surface area contributed by atoms with Gasteiger partial charge in [0.05, 0.1) is 12.2 Å². The summed E-state index contributed by atoms with van der Waals surface area (Å²) in [6.45, 7) is 2.28. The van der Waals surface area contributed by atoms with Crippen LogP contribution < -0.4 is 5.73 Å². The van der Waals surface area contributed by atoms with Crippen LogP contribution in [0.2, 0.25) is 0 Å². The number of rotatable bonds is 5. The van der Waals surface area contributed by atoms with E-state index >= 15 is 0 Å². The van der Waals surface area contributed by atoms with E-state index in [-0.39, 0.29) is 0 Å². The van der Waals surface area contributed by atoms with Crippen LogP contribution in [0.4, 0.5) is 0 Å². The van der Waals surface area contributed by atoms with E-state index in [1.807, 2.05) is 0 Å². The standard InChI is InChI=1S/C23H39NO/c1-2-3-12-21(24)17-13-14-22-20(15-17)19-11-7-10-18(23(19)25-22)16-8-5-4-6-9-16/h4-5,16-23H,2-3,6-15,24H2,1H3. The Morgan fingerprint density at radius 3 is 2.72 bits per heavy atom. The maximum atomic E-state index is 6.78. The van der Waals surface area contributed by atoms with Gasteiger partial charge in [-0.05, 0) is 87.4 Å². The number of fused-ring (bicyclic) bond motifs is 3. The Morgan fingerprint density at radius 2 is 1.92 bits per heavy atom. The van der Waals surface area contributed by atoms with Crippen LogP contribution in [0.25, 0.3) is 0 Å². The predicted octanol–water partition coefficient (Wildman–Crippen LogP) is 5.46. The molecule has 2 N–H and O–H groups in total. The fourth-order valence-corrected chi connectivity index (χ4v) is 6.70. The van der Waals surface area contributed by atoms with Crippen LogP contribution in [0.15, 0.2) is 12.2 Å². The average Bonchev–Trinajstić information content (AvgIpc) is 3.04. The fourth-order valence-electron chi connectivity index (χ4n) is 6.70. The topological polar surface area (TPSA) is 35.2 Å². The predicted molar refractivity (Wildman–Crippen MR) is 104 cm³/mol. The van der Waals surface area contributed by atoms with Gasteiger partial charge in [-0.15, -0.1) is 0 Å². The third-order valence-corrected chi connectivity index (χ3v) is 8.09. The lowest BCUT2D eigenvalue weighted by atomic mass is 9.64. The molecule has 1 heterocycles. The molecule has 142 valence electrons. The molecule has 2 saturated carbocycles. The first-order valence-corrected chi connectivity index (χ1v) is 11.3. The third kappa shape index (κ3) is 3.72. The van der Waals surface area contributed by atoms with Gasteiger partial charge in [-0.3, -0.25) is 0 Å². The maximum absolute atomic E-state index is 6.78. The molecule has 1 saturated heterocycles. The summed E-state index contributed by atoms with van der Waals surface area (Å²) in [5, 5.41) is 0. The van der Waals surface area contributed by atoms with Gasteiger partial charge in [0.1, 0.15) is 0 Å². The first-order valence-electron chi connectivity index (χ1n) is 11.3. The zero-order valence-corrected chi connectivity index (χ0v) is 16.2. The van der Waals surface area contributed by atoms with Crippen LogP contribution in [-0.4, -0.2) is 18.2 Å². The highest BCUT2D eigenvalue weighted by atomic mass is 16.5. The van der Waals surface area contributed by atoms with Crippen LogP contribution in [0, 0.1) is 29.6 Å². The molecule has 8 atom stereocenters. The molecule has 0 aromatic rings. The minimum Gasteiger partial charge on any atom is -0.374 e. The van der Waals surface area contributed by atoms with Crippen molar-refractivity contribution in [2.45, 2.75) is 102 Å². The lowest BCUT2D eigenvalue weighted by Gasteiger charge is -2.40. The van der Waals surface area contributed by atoms with E-state index in [9.17, 15) is 0 Å². The van der Waals surface area contributed by atoms with Gasteiger partial charge >= 0.3 is 0 Å². The van der Waals surface area contributed by atoms with Crippen molar-refractivity contribution >= 4 is 0 Å². The molecule has 3 aliphatic carbocycles. The highest BCUT2D eigenvalue weighted by Gasteiger charge is 2.52. The Kier molecular flexibility index (Phi) is 5.87. The van der Waals surface area contributed by atoms with Crippen LogP contribution in [0.3, 0.4) is 0 Å². The molecule has 0 radical (unpaired) electrons. The van der Waals surface area contributed by atoms with Gasteiger partial charge < -0.3 is 10.5 Å². The van der Waals surface area contributed by atoms with Crippen molar-refractivity contribution in [1.29, 1.82) is 0 Å². The second-order valence-electron chi connectivity index (χ2n) is 9.49. The normalized spacial score (nSPS) is 45.0. The molecule has 0 amide bonds. The van der Waals surface area contributed by atoms with Crippen molar-refractivity contribution in [1.82, 2.24) is 0 Å². The molecule has 25 heavy (non-hydrogen) atoms. The molecule has 3 fully saturated rings. The Morgan fingerprint density at radius 1 is 1.04 bits per heavy atom. The highest BCUT2D eigenvalue weighted by molar-refractivity contribution is 5.03. The summed E-state index contributed by atoms with van der Waals surface area (Å²) in [6.07, 6.45) is 22.0. The first-order chi connectivity index (χ1) is 12.3. The van der Waals surface area contributed by atoms with Gasteiger partial charge in [0.15, 0.2) is 0 Å². The summed E-state index contributed by atoms with van der Waals surface area (Å²) in [4.78, 5) is 0. The Labute approximate surface area is 155 Å². The van der Waals surface area contributed by atoms with Crippen molar-refractivity contribution in [3.8, 4) is 0 Å². The van der Waals surface area contributed by atoms with Gasteiger partial charge in [0, 0.05) is 6.04 Å². The summed E-state index contributed by atoms with van der Waals surface area (Å²) in [7, 11) is 0. The Hall–Kier alpha value is -0.340. The van der Waals surface area contributed by atoms with E-state index in [1.165, 1.54) is 77.0 Å². The molecule has 4 aliphatic rings. The van der Waals surface area contributed by atoms with Crippen LogP contribution in [-0.2, 0) is 4.74 Å². The monoisotopic (exact) mass is 345 g/mol. The van der Waals surface area contributed by atoms with Gasteiger partial charge in [-0.1, -0.05) is 38.3 Å². The molecule has 8 unspecified atom stereocenters. The van der Waals surface area contributed by atoms with E-state index in [1.54, 1.807) is 0 Å². The largest absolute Gasteiger partial charge is 0.374 e. The third-order valence-electron chi connectivity index (χ3n) is 8.09. The smallest absolute Gasteiger partial charge is 0.0641 e. The van der Waals surface area contributed by atoms with E-state index in [0.717, 1.165) is 29.6 Å². The SMILES string of the molecule is CCCCC(N)C1CCC2OC3C(C4CC=CCC4)CCCC3C2C1. The highest BCUT2D eigenvalue weighted by Crippen LogP contribution is 2.53. The van der Waals surface area contributed by atoms with E-state index in [4.69, 9.17) is 10.5 Å². The molecule has 4 rings (SSSR count). The van der Waals surface area contributed by atoms with Crippen molar-refractivity contribution in [2.24, 2.45) is 35.3 Å². The van der Waals surface area contributed by atoms with Gasteiger partial charge in [0.25, 0.3) is 0 Å². The molecule has 2 nitrogen and oxygen atoms in total. The summed E-state index contributed by atoms with van der Waals surface area (Å²) < 4.78 is 6.78. The quantitative estimate of drug-likeness (QED) is 0.671. The number of hydrogen-bond acceptors (Lipinski definition) is 2. The number of unbranched alkanes of at least 4 members (excludes halogenated alkanes) is 1. The number of nitrogens with two attached hydrogens (primary N) is 1. The van der Waals surface area contributed by atoms with Crippen molar-refractivity contribution in [2.75, 3.05) is 0 Å². The summed E-state index contributed by atoms with van der Waals surface area (Å²) >= 11 is 0. The number of ether oxygens (including phenoxy) is 1. The molecule has 1 aliphatic heterocycles. The molecular weight excluding hydrogens is 306 g/mol.